The van der Waals surface area contributed by atoms with Gasteiger partial charge < -0.3 is 0 Å². The summed E-state index contributed by atoms with van der Waals surface area (Å²) in [5.41, 5.74) is 0.914. The third kappa shape index (κ3) is 4.83. The van der Waals surface area contributed by atoms with E-state index in [0.29, 0.717) is 4.47 Å². The molecule has 0 radical (unpaired) electrons. The van der Waals surface area contributed by atoms with Crippen molar-refractivity contribution in [2.75, 3.05) is 13.7 Å². The van der Waals surface area contributed by atoms with E-state index in [1.807, 2.05) is 37.3 Å². The van der Waals surface area contributed by atoms with Crippen LogP contribution in [-0.2, 0) is 19.4 Å². The molecule has 0 heterocycles. The maximum atomic E-state index is 13.1. The number of carbonyl (C=O) groups excluding carboxylic acids is 1. The Bertz CT molecular complexity index is 887. The van der Waals surface area contributed by atoms with Crippen molar-refractivity contribution in [2.45, 2.75) is 18.2 Å². The number of rotatable bonds is 7. The third-order valence-corrected chi connectivity index (χ3v) is 8.12. The predicted octanol–water partition coefficient (Wildman–Crippen LogP) is 1.57. The van der Waals surface area contributed by atoms with E-state index >= 15 is 0 Å². The van der Waals surface area contributed by atoms with Crippen LogP contribution in [0.1, 0.15) is 12.0 Å². The fourth-order valence-electron chi connectivity index (χ4n) is 2.24. The number of aryl methyl sites for hydroxylation is 1. The van der Waals surface area contributed by atoms with E-state index < -0.39 is 30.8 Å². The minimum atomic E-state index is -4.06. The Morgan fingerprint density at radius 3 is 2.23 bits per heavy atom. The van der Waals surface area contributed by atoms with Crippen LogP contribution in [0.3, 0.4) is 0 Å². The third-order valence-electron chi connectivity index (χ3n) is 3.55. The first-order valence-electron chi connectivity index (χ1n) is 7.87. The number of benzene rings is 2. The van der Waals surface area contributed by atoms with Gasteiger partial charge in [0.05, 0.1) is 0 Å². The summed E-state index contributed by atoms with van der Waals surface area (Å²) in [4.78, 5) is 12.0. The van der Waals surface area contributed by atoms with Crippen LogP contribution in [0.2, 0.25) is 0 Å². The Hall–Kier alpha value is -1.92. The fourth-order valence-corrected chi connectivity index (χ4v) is 6.57. The number of aliphatic hydroxyl groups is 1. The van der Waals surface area contributed by atoms with Gasteiger partial charge in [0, 0.05) is 0 Å². The van der Waals surface area contributed by atoms with Gasteiger partial charge in [-0.25, -0.2) is 0 Å². The first-order valence-corrected chi connectivity index (χ1v) is 11.1. The van der Waals surface area contributed by atoms with Gasteiger partial charge in [0.25, 0.3) is 0 Å². The van der Waals surface area contributed by atoms with Gasteiger partial charge in [-0.05, 0) is 0 Å². The number of esters is 1. The summed E-state index contributed by atoms with van der Waals surface area (Å²) in [5, 5.41) is 9.42. The van der Waals surface area contributed by atoms with Crippen LogP contribution in [0.25, 0.3) is 0 Å². The Labute approximate surface area is 159 Å². The molecule has 7 heteroatoms. The van der Waals surface area contributed by atoms with Crippen LogP contribution >= 0.6 is 0 Å². The van der Waals surface area contributed by atoms with E-state index in [0.717, 1.165) is 17.1 Å². The van der Waals surface area contributed by atoms with Gasteiger partial charge in [-0.15, -0.1) is 0 Å². The number of aliphatic hydroxyl groups excluding tert-OH is 1. The van der Waals surface area contributed by atoms with Gasteiger partial charge in [0.15, 0.2) is 0 Å². The molecule has 0 atom stereocenters. The average Bonchev–Trinajstić information content (AvgIpc) is 2.63. The Morgan fingerprint density at radius 1 is 1.08 bits per heavy atom. The summed E-state index contributed by atoms with van der Waals surface area (Å²) in [6.45, 7) is 1.59. The van der Waals surface area contributed by atoms with Gasteiger partial charge in [-0.1, -0.05) is 0 Å². The minimum absolute atomic E-state index is 0.0304. The first-order chi connectivity index (χ1) is 12.4. The molecule has 0 unspecified atom stereocenters. The van der Waals surface area contributed by atoms with Crippen molar-refractivity contribution in [3.8, 4) is 0 Å². The molecule has 138 valence electrons. The summed E-state index contributed by atoms with van der Waals surface area (Å²) in [7, 11) is -2.91. The molecule has 5 nitrogen and oxygen atoms in total. The number of hydrogen-bond donors (Lipinski definition) is 1. The second kappa shape index (κ2) is 9.14. The van der Waals surface area contributed by atoms with Crippen molar-refractivity contribution in [2.24, 2.45) is 0 Å². The number of hydrogen-bond acceptors (Lipinski definition) is 5. The van der Waals surface area contributed by atoms with Crippen molar-refractivity contribution < 1.29 is 23.1 Å². The molecule has 0 saturated carbocycles. The second-order valence-corrected chi connectivity index (χ2v) is 9.79. The molecule has 0 fully saturated rings. The molecule has 0 saturated heterocycles. The molecule has 0 amide bonds. The van der Waals surface area contributed by atoms with Crippen LogP contribution in [0.15, 0.2) is 68.9 Å². The maximum absolute atomic E-state index is 13.1. The molecule has 0 aliphatic carbocycles. The number of sulfone groups is 1. The monoisotopic (exact) mass is 440 g/mol. The molecule has 0 aromatic heterocycles. The summed E-state index contributed by atoms with van der Waals surface area (Å²) in [5.74, 6) is -0.910. The summed E-state index contributed by atoms with van der Waals surface area (Å²) in [6, 6.07) is 15.6. The Balaban J connectivity index is 2.62. The van der Waals surface area contributed by atoms with E-state index in [-0.39, 0.29) is 22.8 Å². The normalized spacial score (nSPS) is 12.4. The molecule has 2 aromatic rings. The Kier molecular flexibility index (Phi) is 7.17. The molecule has 2 aromatic carbocycles. The van der Waals surface area contributed by atoms with Crippen LogP contribution in [0.5, 0.6) is 0 Å². The van der Waals surface area contributed by atoms with Crippen molar-refractivity contribution in [3.05, 3.63) is 69.5 Å². The molecule has 1 N–H and O–H groups in total. The molecule has 0 spiro atoms. The summed E-state index contributed by atoms with van der Waals surface area (Å²) in [6.07, 6.45) is 0.0877. The van der Waals surface area contributed by atoms with E-state index in [1.54, 1.807) is 12.1 Å². The van der Waals surface area contributed by atoms with Crippen molar-refractivity contribution in [1.82, 2.24) is 0 Å². The van der Waals surface area contributed by atoms with Crippen molar-refractivity contribution in [3.63, 3.8) is 0 Å². The van der Waals surface area contributed by atoms with E-state index in [9.17, 15) is 18.3 Å². The number of ether oxygens (including phenoxy) is 1. The fraction of sp³-hybridized carbons (Fsp3) is 0.211. The Morgan fingerprint density at radius 2 is 1.69 bits per heavy atom. The number of carbonyl (C=O) groups is 1. The topological polar surface area (TPSA) is 80.7 Å². The van der Waals surface area contributed by atoms with Crippen molar-refractivity contribution in [1.29, 1.82) is 0 Å². The average molecular weight is 439 g/mol. The summed E-state index contributed by atoms with van der Waals surface area (Å²) >= 11 is -0.439. The predicted molar refractivity (Wildman–Crippen MR) is 101 cm³/mol. The van der Waals surface area contributed by atoms with Gasteiger partial charge in [-0.2, -0.15) is 0 Å². The second-order valence-electron chi connectivity index (χ2n) is 5.45. The van der Waals surface area contributed by atoms with Crippen LogP contribution in [-0.4, -0.2) is 48.2 Å². The van der Waals surface area contributed by atoms with E-state index in [4.69, 9.17) is 4.74 Å². The molecular weight excluding hydrogens is 419 g/mol. The van der Waals surface area contributed by atoms with E-state index in [2.05, 4.69) is 0 Å². The van der Waals surface area contributed by atoms with Crippen LogP contribution in [0, 0.1) is 6.92 Å². The van der Waals surface area contributed by atoms with Crippen LogP contribution < -0.4 is 4.46 Å². The van der Waals surface area contributed by atoms with Gasteiger partial charge in [-0.3, -0.25) is 0 Å². The van der Waals surface area contributed by atoms with Gasteiger partial charge in [0.1, 0.15) is 0 Å². The molecule has 0 aliphatic rings. The SMILES string of the molecule is COC(=O)/C(=C(/CCO)[Se]c1ccccc1)S(=O)(=O)c1ccc(C)cc1. The first kappa shape index (κ1) is 20.4. The standard InChI is InChI=1S/C19H20O5SSe/c1-14-8-10-15(11-9-14)25(22,23)18(19(21)24-2)17(12-13-20)26-16-6-4-3-5-7-16/h3-11,20H,12-13H2,1-2H3/b18-17+. The number of methoxy groups -OCH3 is 1. The van der Waals surface area contributed by atoms with Crippen LogP contribution in [0.4, 0.5) is 0 Å². The molecule has 26 heavy (non-hydrogen) atoms. The molecule has 2 rings (SSSR count). The molecule has 0 aliphatic heterocycles. The molecule has 0 bridgehead atoms. The van der Waals surface area contributed by atoms with Gasteiger partial charge >= 0.3 is 160 Å². The zero-order valence-electron chi connectivity index (χ0n) is 14.5. The van der Waals surface area contributed by atoms with E-state index in [1.165, 1.54) is 12.1 Å². The van der Waals surface area contributed by atoms with Gasteiger partial charge in [0.2, 0.25) is 0 Å². The quantitative estimate of drug-likeness (QED) is 0.403. The molecular formula is C19H20O5SSe. The zero-order chi connectivity index (χ0) is 19.2. The summed E-state index contributed by atoms with van der Waals surface area (Å²) < 4.78 is 32.3. The zero-order valence-corrected chi connectivity index (χ0v) is 17.0. The van der Waals surface area contributed by atoms with Crippen molar-refractivity contribution >= 4 is 35.2 Å².